The van der Waals surface area contributed by atoms with Crippen LogP contribution in [-0.2, 0) is 20.5 Å². The predicted molar refractivity (Wildman–Crippen MR) is 136 cm³/mol. The normalized spacial score (nSPS) is 30.3. The first kappa shape index (κ1) is 27.4. The zero-order valence-corrected chi connectivity index (χ0v) is 21.9. The van der Waals surface area contributed by atoms with Gasteiger partial charge in [0.25, 0.3) is 0 Å². The zero-order chi connectivity index (χ0) is 27.0. The number of alkyl halides is 3. The minimum absolute atomic E-state index is 0.00465. The second-order valence-electron chi connectivity index (χ2n) is 11.1. The molecule has 2 N–H and O–H groups in total. The van der Waals surface area contributed by atoms with E-state index in [0.29, 0.717) is 24.8 Å². The molecule has 0 spiro atoms. The van der Waals surface area contributed by atoms with Gasteiger partial charge in [0.2, 0.25) is 0 Å². The van der Waals surface area contributed by atoms with Crippen LogP contribution in [0.25, 0.3) is 0 Å². The number of nitrogens with zero attached hydrogens (tertiary/aromatic N) is 1. The minimum Gasteiger partial charge on any atom is -0.461 e. The lowest BCUT2D eigenvalue weighted by Crippen LogP contribution is -2.23. The largest absolute Gasteiger partial charge is 0.461 e. The molecule has 4 atom stereocenters. The number of benzene rings is 1. The molecule has 0 radical (unpaired) electrons. The van der Waals surface area contributed by atoms with Crippen LogP contribution in [0, 0.1) is 24.2 Å². The van der Waals surface area contributed by atoms with E-state index in [9.17, 15) is 22.8 Å². The van der Waals surface area contributed by atoms with E-state index in [1.165, 1.54) is 6.07 Å². The van der Waals surface area contributed by atoms with Crippen molar-refractivity contribution in [2.24, 2.45) is 28.0 Å². The number of allylic oxidation sites excluding steroid dienone is 1. The molecule has 202 valence electrons. The molecule has 0 bridgehead atoms. The van der Waals surface area contributed by atoms with Gasteiger partial charge in [0.15, 0.2) is 5.78 Å². The highest BCUT2D eigenvalue weighted by atomic mass is 19.4. The number of halogens is 3. The molecule has 1 aromatic carbocycles. The summed E-state index contributed by atoms with van der Waals surface area (Å²) in [5, 5.41) is 0. The van der Waals surface area contributed by atoms with Gasteiger partial charge < -0.3 is 10.5 Å². The van der Waals surface area contributed by atoms with Crippen LogP contribution in [0.4, 0.5) is 13.2 Å². The number of carbonyl (C=O) groups excluding carboxylic acids is 2. The van der Waals surface area contributed by atoms with Gasteiger partial charge in [-0.05, 0) is 86.8 Å². The van der Waals surface area contributed by atoms with Gasteiger partial charge in [-0.25, -0.2) is 4.79 Å². The van der Waals surface area contributed by atoms with Crippen molar-refractivity contribution < 1.29 is 27.5 Å². The van der Waals surface area contributed by atoms with Crippen molar-refractivity contribution in [2.45, 2.75) is 84.2 Å². The Kier molecular flexibility index (Phi) is 7.86. The average Bonchev–Trinajstić information content (AvgIpc) is 3.38. The molecule has 1 aromatic rings. The zero-order valence-electron chi connectivity index (χ0n) is 21.9. The highest BCUT2D eigenvalue weighted by Gasteiger charge is 2.59. The fourth-order valence-electron chi connectivity index (χ4n) is 6.35. The molecule has 0 saturated heterocycles. The number of ether oxygens (including phenoxy) is 1. The van der Waals surface area contributed by atoms with Crippen LogP contribution in [0.15, 0.2) is 34.5 Å². The lowest BCUT2D eigenvalue weighted by molar-refractivity contribution is -0.139. The number of hydrogen-bond acceptors (Lipinski definition) is 5. The standard InChI is InChI=1S/C29H37F3N2O3/c1-4-37-27(36)26(33)25-22-14-28(22,3)15-23(25)34-16-24(35)19-9-6-5-8-18(12-13-19)20-10-7-11-21(17(20)2)29(30,31)32/h7,10-11,18-19,22H,4-6,8-9,12-16,33H2,1-3H3/t18?,19?,22-,28?/m0/s1. The van der Waals surface area contributed by atoms with Gasteiger partial charge in [-0.2, -0.15) is 13.2 Å². The summed E-state index contributed by atoms with van der Waals surface area (Å²) in [6, 6.07) is 4.42. The molecule has 3 aliphatic carbocycles. The number of fused-ring (bicyclic) bond motifs is 1. The Morgan fingerprint density at radius 2 is 1.89 bits per heavy atom. The van der Waals surface area contributed by atoms with Crippen LogP contribution < -0.4 is 5.73 Å². The summed E-state index contributed by atoms with van der Waals surface area (Å²) >= 11 is 0. The van der Waals surface area contributed by atoms with Gasteiger partial charge in [0.1, 0.15) is 5.70 Å². The maximum atomic E-state index is 13.4. The number of carbonyl (C=O) groups is 2. The van der Waals surface area contributed by atoms with Gasteiger partial charge in [-0.3, -0.25) is 9.79 Å². The van der Waals surface area contributed by atoms with Crippen LogP contribution in [0.1, 0.15) is 87.8 Å². The van der Waals surface area contributed by atoms with Crippen molar-refractivity contribution in [3.05, 3.63) is 46.2 Å². The number of aliphatic imine (C=N–C) groups is 1. The van der Waals surface area contributed by atoms with E-state index in [0.717, 1.165) is 55.0 Å². The molecule has 8 heteroatoms. The van der Waals surface area contributed by atoms with Crippen molar-refractivity contribution in [1.29, 1.82) is 0 Å². The fraction of sp³-hybridized carbons (Fsp3) is 0.621. The van der Waals surface area contributed by atoms with Crippen LogP contribution >= 0.6 is 0 Å². The van der Waals surface area contributed by atoms with E-state index in [-0.39, 0.29) is 47.8 Å². The number of hydrogen-bond donors (Lipinski definition) is 1. The third-order valence-corrected chi connectivity index (χ3v) is 8.59. The average molecular weight is 519 g/mol. The van der Waals surface area contributed by atoms with E-state index in [1.807, 2.05) is 0 Å². The number of Topliss-reactive ketones (excluding diaryl/α,β-unsaturated/α-hetero) is 1. The Morgan fingerprint density at radius 1 is 1.16 bits per heavy atom. The lowest BCUT2D eigenvalue weighted by Gasteiger charge is -2.26. The molecule has 0 amide bonds. The number of nitrogens with two attached hydrogens (primary N) is 1. The maximum absolute atomic E-state index is 13.4. The number of esters is 1. The van der Waals surface area contributed by atoms with Gasteiger partial charge in [-0.1, -0.05) is 31.9 Å². The quantitative estimate of drug-likeness (QED) is 0.355. The van der Waals surface area contributed by atoms with Gasteiger partial charge in [0.05, 0.1) is 18.7 Å². The van der Waals surface area contributed by atoms with Gasteiger partial charge in [0, 0.05) is 17.2 Å². The second kappa shape index (κ2) is 10.6. The van der Waals surface area contributed by atoms with E-state index in [4.69, 9.17) is 10.5 Å². The summed E-state index contributed by atoms with van der Waals surface area (Å²) in [6.07, 6.45) is 1.93. The summed E-state index contributed by atoms with van der Waals surface area (Å²) < 4.78 is 45.4. The Hall–Kier alpha value is -2.64. The smallest absolute Gasteiger partial charge is 0.416 e. The van der Waals surface area contributed by atoms with Crippen LogP contribution in [0.3, 0.4) is 0 Å². The van der Waals surface area contributed by atoms with Crippen molar-refractivity contribution >= 4 is 17.5 Å². The molecular formula is C29H37F3N2O3. The van der Waals surface area contributed by atoms with E-state index in [1.54, 1.807) is 19.9 Å². The van der Waals surface area contributed by atoms with Crippen LogP contribution in [0.5, 0.6) is 0 Å². The topological polar surface area (TPSA) is 81.8 Å². The highest BCUT2D eigenvalue weighted by Crippen LogP contribution is 2.64. The molecule has 4 rings (SSSR count). The Morgan fingerprint density at radius 3 is 2.59 bits per heavy atom. The van der Waals surface area contributed by atoms with E-state index >= 15 is 0 Å². The van der Waals surface area contributed by atoms with E-state index < -0.39 is 17.7 Å². The third-order valence-electron chi connectivity index (χ3n) is 8.59. The van der Waals surface area contributed by atoms with Crippen molar-refractivity contribution in [1.82, 2.24) is 0 Å². The van der Waals surface area contributed by atoms with Gasteiger partial charge >= 0.3 is 12.1 Å². The van der Waals surface area contributed by atoms with Gasteiger partial charge in [-0.15, -0.1) is 0 Å². The first-order valence-electron chi connectivity index (χ1n) is 13.4. The first-order valence-corrected chi connectivity index (χ1v) is 13.4. The maximum Gasteiger partial charge on any atom is 0.416 e. The molecule has 3 aliphatic rings. The minimum atomic E-state index is -4.37. The highest BCUT2D eigenvalue weighted by molar-refractivity contribution is 6.10. The number of rotatable bonds is 6. The molecule has 3 fully saturated rings. The molecule has 0 aliphatic heterocycles. The van der Waals surface area contributed by atoms with E-state index in [2.05, 4.69) is 11.9 Å². The number of ketones is 1. The molecule has 0 aromatic heterocycles. The van der Waals surface area contributed by atoms with Crippen LogP contribution in [0.2, 0.25) is 0 Å². The van der Waals surface area contributed by atoms with Crippen molar-refractivity contribution in [3.63, 3.8) is 0 Å². The summed E-state index contributed by atoms with van der Waals surface area (Å²) in [5.41, 5.74) is 8.23. The molecule has 37 heavy (non-hydrogen) atoms. The molecule has 0 heterocycles. The third kappa shape index (κ3) is 5.78. The van der Waals surface area contributed by atoms with Crippen LogP contribution in [-0.4, -0.2) is 30.6 Å². The van der Waals surface area contributed by atoms with Crippen molar-refractivity contribution in [3.8, 4) is 0 Å². The molecule has 3 saturated carbocycles. The summed E-state index contributed by atoms with van der Waals surface area (Å²) in [6.45, 7) is 5.70. The lowest BCUT2D eigenvalue weighted by atomic mass is 9.79. The Bertz CT molecular complexity index is 1120. The fourth-order valence-corrected chi connectivity index (χ4v) is 6.35. The summed E-state index contributed by atoms with van der Waals surface area (Å²) in [4.78, 5) is 30.1. The molecule has 5 nitrogen and oxygen atoms in total. The van der Waals surface area contributed by atoms with Crippen molar-refractivity contribution in [2.75, 3.05) is 13.2 Å². The monoisotopic (exact) mass is 518 g/mol. The Balaban J connectivity index is 1.45. The SMILES string of the molecule is CCOC(=O)C(N)=C1C(=NCC(=O)C2CCCCC(c3cccc(C(F)(F)F)c3C)CC2)CC2(C)C[C@@H]12. The summed E-state index contributed by atoms with van der Waals surface area (Å²) in [7, 11) is 0. The molecular weight excluding hydrogens is 481 g/mol. The predicted octanol–water partition coefficient (Wildman–Crippen LogP) is 6.28. The Labute approximate surface area is 216 Å². The second-order valence-corrected chi connectivity index (χ2v) is 11.1. The first-order chi connectivity index (χ1) is 17.5. The summed E-state index contributed by atoms with van der Waals surface area (Å²) in [5.74, 6) is -0.467. The molecule has 3 unspecified atom stereocenters.